The van der Waals surface area contributed by atoms with E-state index in [9.17, 15) is 24.3 Å². The lowest BCUT2D eigenvalue weighted by Gasteiger charge is -2.29. The SMILES string of the molecule is COC(=O)c1cc([C@H]2CCCN2c2cccc(OC)c2)c2oc(N3CCOCC3)cc(=O)c2c1.COc1cccc(N2CCC[C@@H]2c2cc(C(=O)O)cc3c(=O)cc(N4CCOCC4)oc23)c1. The maximum Gasteiger partial charge on any atom is 0.337 e. The average molecular weight is 915 g/mol. The third-order valence-corrected chi connectivity index (χ3v) is 13.0. The first-order valence-electron chi connectivity index (χ1n) is 22.7. The molecule has 4 aliphatic heterocycles. The van der Waals surface area contributed by atoms with Crippen molar-refractivity contribution in [3.05, 3.63) is 128 Å². The first-order chi connectivity index (χ1) is 32.6. The highest BCUT2D eigenvalue weighted by molar-refractivity contribution is 5.96. The molecule has 4 saturated heterocycles. The average Bonchev–Trinajstić information content (AvgIpc) is 4.08. The summed E-state index contributed by atoms with van der Waals surface area (Å²) in [5, 5.41) is 10.4. The fraction of sp³-hybridized carbons (Fsp3) is 0.373. The van der Waals surface area contributed by atoms with Gasteiger partial charge in [0.2, 0.25) is 0 Å². The zero-order valence-corrected chi connectivity index (χ0v) is 37.9. The van der Waals surface area contributed by atoms with Crippen LogP contribution in [0.25, 0.3) is 21.9 Å². The highest BCUT2D eigenvalue weighted by atomic mass is 16.5. The van der Waals surface area contributed by atoms with Crippen molar-refractivity contribution in [1.82, 2.24) is 0 Å². The smallest absolute Gasteiger partial charge is 0.337 e. The molecular weight excluding hydrogens is 861 g/mol. The van der Waals surface area contributed by atoms with E-state index in [4.69, 9.17) is 32.5 Å². The molecule has 0 bridgehead atoms. The van der Waals surface area contributed by atoms with Crippen LogP contribution in [0.2, 0.25) is 0 Å². The number of nitrogens with zero attached hydrogens (tertiary/aromatic N) is 4. The molecule has 4 aliphatic rings. The number of esters is 1. The minimum atomic E-state index is -1.07. The molecule has 4 aromatic carbocycles. The van der Waals surface area contributed by atoms with Gasteiger partial charge in [-0.05, 0) is 74.2 Å². The van der Waals surface area contributed by atoms with E-state index in [1.54, 1.807) is 26.4 Å². The van der Waals surface area contributed by atoms with Crippen LogP contribution in [-0.4, -0.2) is 104 Å². The summed E-state index contributed by atoms with van der Waals surface area (Å²) >= 11 is 0. The third-order valence-electron chi connectivity index (χ3n) is 13.0. The molecule has 0 radical (unpaired) electrons. The van der Waals surface area contributed by atoms with Gasteiger partial charge < -0.3 is 57.2 Å². The van der Waals surface area contributed by atoms with Gasteiger partial charge in [-0.15, -0.1) is 0 Å². The summed E-state index contributed by atoms with van der Waals surface area (Å²) in [4.78, 5) is 59.2. The molecule has 67 heavy (non-hydrogen) atoms. The van der Waals surface area contributed by atoms with Gasteiger partial charge >= 0.3 is 11.9 Å². The lowest BCUT2D eigenvalue weighted by molar-refractivity contribution is 0.0599. The van der Waals surface area contributed by atoms with E-state index in [1.807, 2.05) is 64.4 Å². The van der Waals surface area contributed by atoms with Crippen molar-refractivity contribution in [3.63, 3.8) is 0 Å². The van der Waals surface area contributed by atoms with Crippen molar-refractivity contribution < 1.29 is 47.2 Å². The summed E-state index contributed by atoms with van der Waals surface area (Å²) < 4.78 is 39.4. The molecule has 0 aliphatic carbocycles. The van der Waals surface area contributed by atoms with Gasteiger partial charge in [-0.1, -0.05) is 12.1 Å². The summed E-state index contributed by atoms with van der Waals surface area (Å²) in [6.45, 7) is 6.54. The Bertz CT molecular complexity index is 2900. The van der Waals surface area contributed by atoms with Gasteiger partial charge in [0, 0.05) is 86.0 Å². The fourth-order valence-electron chi connectivity index (χ4n) is 9.65. The molecule has 2 aromatic heterocycles. The molecule has 16 nitrogen and oxygen atoms in total. The summed E-state index contributed by atoms with van der Waals surface area (Å²) in [7, 11) is 4.62. The van der Waals surface area contributed by atoms with Crippen molar-refractivity contribution in [3.8, 4) is 11.5 Å². The second-order valence-electron chi connectivity index (χ2n) is 16.9. The Kier molecular flexibility index (Phi) is 13.4. The number of hydrogen-bond donors (Lipinski definition) is 1. The minimum Gasteiger partial charge on any atom is -0.497 e. The van der Waals surface area contributed by atoms with Crippen molar-refractivity contribution in [2.24, 2.45) is 0 Å². The summed E-state index contributed by atoms with van der Waals surface area (Å²) in [5.41, 5.74) is 4.50. The molecule has 0 unspecified atom stereocenters. The normalized spacial score (nSPS) is 18.5. The number of carbonyl (C=O) groups is 2. The maximum absolute atomic E-state index is 13.2. The Balaban J connectivity index is 0.000000168. The van der Waals surface area contributed by atoms with Gasteiger partial charge in [0.25, 0.3) is 0 Å². The largest absolute Gasteiger partial charge is 0.497 e. The molecule has 350 valence electrons. The molecule has 16 heteroatoms. The number of carbonyl (C=O) groups excluding carboxylic acids is 1. The van der Waals surface area contributed by atoms with Crippen molar-refractivity contribution in [2.75, 3.05) is 107 Å². The number of anilines is 4. The highest BCUT2D eigenvalue weighted by Gasteiger charge is 2.33. The number of carboxylic acid groups (broad SMARTS) is 1. The molecule has 0 saturated carbocycles. The van der Waals surface area contributed by atoms with Crippen LogP contribution < -0.4 is 39.9 Å². The van der Waals surface area contributed by atoms with Crippen LogP contribution >= 0.6 is 0 Å². The predicted octanol–water partition coefficient (Wildman–Crippen LogP) is 7.44. The number of rotatable bonds is 10. The molecule has 6 aromatic rings. The molecule has 0 spiro atoms. The van der Waals surface area contributed by atoms with Crippen molar-refractivity contribution in [1.29, 1.82) is 0 Å². The van der Waals surface area contributed by atoms with E-state index in [0.29, 0.717) is 91.9 Å². The molecule has 1 N–H and O–H groups in total. The summed E-state index contributed by atoms with van der Waals surface area (Å²) in [5.74, 6) is 0.997. The van der Waals surface area contributed by atoms with E-state index in [-0.39, 0.29) is 28.5 Å². The number of fused-ring (bicyclic) bond motifs is 2. The monoisotopic (exact) mass is 914 g/mol. The van der Waals surface area contributed by atoms with Crippen LogP contribution in [0.4, 0.5) is 23.1 Å². The molecule has 6 heterocycles. The Labute approximate surface area is 386 Å². The zero-order chi connectivity index (χ0) is 46.6. The van der Waals surface area contributed by atoms with Gasteiger partial charge in [0.1, 0.15) is 22.7 Å². The number of carboxylic acids is 1. The number of benzene rings is 4. The Morgan fingerprint density at radius 3 is 1.46 bits per heavy atom. The van der Waals surface area contributed by atoms with Gasteiger partial charge in [-0.3, -0.25) is 9.59 Å². The van der Waals surface area contributed by atoms with Crippen LogP contribution in [-0.2, 0) is 14.2 Å². The van der Waals surface area contributed by atoms with Crippen LogP contribution in [0, 0.1) is 0 Å². The number of ether oxygens (including phenoxy) is 5. The van der Waals surface area contributed by atoms with Crippen LogP contribution in [0.5, 0.6) is 11.5 Å². The standard InChI is InChI=1S/C26H28N2O6.C25H26N2O6/c1-31-19-6-3-5-18(15-19)28-8-4-7-22(28)20-13-17(26(30)32-2)14-21-23(29)16-24(34-25(20)21)27-9-11-33-12-10-27;1-31-18-5-2-4-17(14-18)27-7-3-6-21(27)19-12-16(25(29)30)13-20-22(28)15-23(33-24(19)20)26-8-10-32-11-9-26/h3,5-6,13-16,22H,4,7-12H2,1-2H3;2,4-5,12-15,21H,3,6-11H2,1H3,(H,29,30)/t22-;21-/m11/s1. The zero-order valence-electron chi connectivity index (χ0n) is 37.9. The van der Waals surface area contributed by atoms with E-state index in [2.05, 4.69) is 9.80 Å². The second kappa shape index (κ2) is 19.8. The van der Waals surface area contributed by atoms with Crippen molar-refractivity contribution >= 4 is 57.0 Å². The molecule has 0 amide bonds. The van der Waals surface area contributed by atoms with E-state index in [1.165, 1.54) is 25.3 Å². The van der Waals surface area contributed by atoms with E-state index < -0.39 is 11.9 Å². The second-order valence-corrected chi connectivity index (χ2v) is 16.9. The Morgan fingerprint density at radius 2 is 1.03 bits per heavy atom. The van der Waals surface area contributed by atoms with Crippen LogP contribution in [0.15, 0.2) is 103 Å². The van der Waals surface area contributed by atoms with Gasteiger partial charge in [0.15, 0.2) is 22.6 Å². The molecule has 10 rings (SSSR count). The van der Waals surface area contributed by atoms with Gasteiger partial charge in [-0.25, -0.2) is 9.59 Å². The molecule has 4 fully saturated rings. The van der Waals surface area contributed by atoms with Crippen molar-refractivity contribution in [2.45, 2.75) is 37.8 Å². The van der Waals surface area contributed by atoms with Gasteiger partial charge in [-0.2, -0.15) is 0 Å². The highest BCUT2D eigenvalue weighted by Crippen LogP contribution is 2.42. The van der Waals surface area contributed by atoms with Gasteiger partial charge in [0.05, 0.1) is 81.7 Å². The quantitative estimate of drug-likeness (QED) is 0.134. The minimum absolute atomic E-state index is 0.0673. The van der Waals surface area contributed by atoms with Crippen LogP contribution in [0.3, 0.4) is 0 Å². The number of methoxy groups -OCH3 is 3. The lowest BCUT2D eigenvalue weighted by atomic mass is 9.98. The third kappa shape index (κ3) is 9.36. The number of aromatic carboxylic acids is 1. The number of hydrogen-bond acceptors (Lipinski definition) is 15. The lowest BCUT2D eigenvalue weighted by Crippen LogP contribution is -2.36. The van der Waals surface area contributed by atoms with E-state index in [0.717, 1.165) is 72.8 Å². The summed E-state index contributed by atoms with van der Waals surface area (Å²) in [6.07, 6.45) is 3.59. The predicted molar refractivity (Wildman–Crippen MR) is 254 cm³/mol. The number of morpholine rings is 2. The molecular formula is C51H54N4O12. The molecule has 2 atom stereocenters. The first kappa shape index (κ1) is 45.1. The Morgan fingerprint density at radius 1 is 0.582 bits per heavy atom. The fourth-order valence-corrected chi connectivity index (χ4v) is 9.65. The van der Waals surface area contributed by atoms with Crippen LogP contribution in [0.1, 0.15) is 69.6 Å². The topological polar surface area (TPSA) is 174 Å². The first-order valence-corrected chi connectivity index (χ1v) is 22.7. The maximum atomic E-state index is 13.2. The summed E-state index contributed by atoms with van der Waals surface area (Å²) in [6, 6.07) is 25.0. The Hall–Kier alpha value is -7.04. The van der Waals surface area contributed by atoms with E-state index >= 15 is 0 Å².